The first-order valence-electron chi connectivity index (χ1n) is 6.15. The summed E-state index contributed by atoms with van der Waals surface area (Å²) in [5.41, 5.74) is 0.747. The Labute approximate surface area is 121 Å². The van der Waals surface area contributed by atoms with Gasteiger partial charge in [-0.15, -0.1) is 0 Å². The average Bonchev–Trinajstić information content (AvgIpc) is 2.70. The number of carbonyl (C=O) groups is 1. The molecule has 1 atom stereocenters. The lowest BCUT2D eigenvalue weighted by Crippen LogP contribution is -2.35. The maximum Gasteiger partial charge on any atom is 0.262 e. The van der Waals surface area contributed by atoms with Crippen LogP contribution in [0.15, 0.2) is 24.3 Å². The van der Waals surface area contributed by atoms with E-state index in [-0.39, 0.29) is 0 Å². The number of benzene rings is 1. The summed E-state index contributed by atoms with van der Waals surface area (Å²) in [6.07, 6.45) is 0.487. The highest BCUT2D eigenvalue weighted by Gasteiger charge is 2.42. The summed E-state index contributed by atoms with van der Waals surface area (Å²) in [4.78, 5) is 11.8. The quantitative estimate of drug-likeness (QED) is 0.772. The van der Waals surface area contributed by atoms with Gasteiger partial charge in [-0.25, -0.2) is 17.2 Å². The van der Waals surface area contributed by atoms with Gasteiger partial charge in [-0.3, -0.25) is 14.8 Å². The van der Waals surface area contributed by atoms with E-state index in [0.29, 0.717) is 11.4 Å². The molecule has 0 spiro atoms. The Hall–Kier alpha value is -1.74. The van der Waals surface area contributed by atoms with Crippen molar-refractivity contribution < 1.29 is 22.0 Å². The van der Waals surface area contributed by atoms with Crippen LogP contribution >= 0.6 is 0 Å². The minimum atomic E-state index is -3.37. The van der Waals surface area contributed by atoms with Crippen molar-refractivity contribution in [2.75, 3.05) is 22.8 Å². The first kappa shape index (κ1) is 15.6. The van der Waals surface area contributed by atoms with Crippen molar-refractivity contribution >= 4 is 27.3 Å². The van der Waals surface area contributed by atoms with Gasteiger partial charge >= 0.3 is 0 Å². The van der Waals surface area contributed by atoms with E-state index < -0.39 is 40.9 Å². The van der Waals surface area contributed by atoms with Crippen molar-refractivity contribution in [1.29, 1.82) is 0 Å². The third-order valence-electron chi connectivity index (χ3n) is 2.88. The Kier molecular flexibility index (Phi) is 4.15. The van der Waals surface area contributed by atoms with Crippen molar-refractivity contribution in [1.82, 2.24) is 5.32 Å². The molecule has 1 aromatic rings. The van der Waals surface area contributed by atoms with E-state index in [9.17, 15) is 22.0 Å². The largest absolute Gasteiger partial charge is 0.325 e. The number of rotatable bonds is 4. The fourth-order valence-corrected chi connectivity index (χ4v) is 2.53. The number of carbonyl (C=O) groups excluding carboxylic acids is 1. The molecule has 0 aliphatic carbocycles. The first-order chi connectivity index (χ1) is 9.65. The molecule has 6 nitrogen and oxygen atoms in total. The molecule has 1 fully saturated rings. The van der Waals surface area contributed by atoms with Crippen molar-refractivity contribution in [3.05, 3.63) is 24.3 Å². The summed E-state index contributed by atoms with van der Waals surface area (Å²) in [6.45, 7) is -0.512. The van der Waals surface area contributed by atoms with E-state index in [4.69, 9.17) is 0 Å². The van der Waals surface area contributed by atoms with E-state index in [0.717, 1.165) is 6.26 Å². The molecule has 1 aliphatic heterocycles. The predicted octanol–water partition coefficient (Wildman–Crippen LogP) is 0.994. The third-order valence-corrected chi connectivity index (χ3v) is 3.49. The van der Waals surface area contributed by atoms with E-state index in [2.05, 4.69) is 15.4 Å². The van der Waals surface area contributed by atoms with Gasteiger partial charge in [-0.2, -0.15) is 0 Å². The Morgan fingerprint density at radius 3 is 2.33 bits per heavy atom. The molecule has 0 bridgehead atoms. The number of amides is 1. The van der Waals surface area contributed by atoms with Crippen molar-refractivity contribution in [3.8, 4) is 0 Å². The molecule has 0 saturated carbocycles. The Morgan fingerprint density at radius 2 is 1.86 bits per heavy atom. The third kappa shape index (κ3) is 4.64. The molecule has 116 valence electrons. The van der Waals surface area contributed by atoms with Gasteiger partial charge < -0.3 is 5.32 Å². The van der Waals surface area contributed by atoms with Crippen LogP contribution < -0.4 is 15.4 Å². The van der Waals surface area contributed by atoms with Gasteiger partial charge in [-0.1, -0.05) is 0 Å². The maximum atomic E-state index is 13.0. The molecule has 1 saturated heterocycles. The topological polar surface area (TPSA) is 87.3 Å². The van der Waals surface area contributed by atoms with Crippen LogP contribution in [-0.4, -0.2) is 39.1 Å². The first-order valence-corrected chi connectivity index (χ1v) is 8.04. The van der Waals surface area contributed by atoms with Crippen molar-refractivity contribution in [2.45, 2.75) is 18.4 Å². The fraction of sp³-hybridized carbons (Fsp3) is 0.417. The number of anilines is 2. The Balaban J connectivity index is 1.96. The molecule has 21 heavy (non-hydrogen) atoms. The van der Waals surface area contributed by atoms with Crippen LogP contribution in [0.5, 0.6) is 0 Å². The number of hydrogen-bond acceptors (Lipinski definition) is 4. The molecule has 1 unspecified atom stereocenters. The second kappa shape index (κ2) is 5.57. The zero-order chi connectivity index (χ0) is 15.7. The molecule has 2 rings (SSSR count). The van der Waals surface area contributed by atoms with Crippen LogP contribution in [0.2, 0.25) is 0 Å². The monoisotopic (exact) mass is 319 g/mol. The number of nitrogens with one attached hydrogen (secondary N) is 3. The van der Waals surface area contributed by atoms with E-state index in [1.807, 2.05) is 0 Å². The molecule has 1 heterocycles. The van der Waals surface area contributed by atoms with E-state index in [1.165, 1.54) is 24.3 Å². The molecule has 0 aromatic heterocycles. The summed E-state index contributed by atoms with van der Waals surface area (Å²) in [7, 11) is -3.37. The van der Waals surface area contributed by atoms with Crippen LogP contribution in [0.25, 0.3) is 0 Å². The van der Waals surface area contributed by atoms with Gasteiger partial charge in [0, 0.05) is 17.8 Å². The Morgan fingerprint density at radius 1 is 1.29 bits per heavy atom. The second-order valence-electron chi connectivity index (χ2n) is 4.93. The molecule has 0 radical (unpaired) electrons. The smallest absolute Gasteiger partial charge is 0.262 e. The molecule has 9 heteroatoms. The van der Waals surface area contributed by atoms with Crippen LogP contribution in [-0.2, 0) is 14.8 Å². The lowest BCUT2D eigenvalue weighted by molar-refractivity contribution is -0.118. The summed E-state index contributed by atoms with van der Waals surface area (Å²) in [6, 6.07) is 4.96. The summed E-state index contributed by atoms with van der Waals surface area (Å²) < 4.78 is 50.3. The summed E-state index contributed by atoms with van der Waals surface area (Å²) in [5.74, 6) is -3.42. The minimum absolute atomic E-state index is 0.348. The zero-order valence-corrected chi connectivity index (χ0v) is 12.0. The van der Waals surface area contributed by atoms with Crippen LogP contribution in [0.1, 0.15) is 6.42 Å². The number of alkyl halides is 2. The second-order valence-corrected chi connectivity index (χ2v) is 6.68. The fourth-order valence-electron chi connectivity index (χ4n) is 1.97. The molecule has 3 N–H and O–H groups in total. The molecular weight excluding hydrogens is 304 g/mol. The lowest BCUT2D eigenvalue weighted by atomic mass is 10.2. The minimum Gasteiger partial charge on any atom is -0.325 e. The van der Waals surface area contributed by atoms with Gasteiger partial charge in [0.05, 0.1) is 18.8 Å². The predicted molar refractivity (Wildman–Crippen MR) is 74.9 cm³/mol. The Bertz CT molecular complexity index is 632. The van der Waals surface area contributed by atoms with Crippen molar-refractivity contribution in [2.24, 2.45) is 0 Å². The highest BCUT2D eigenvalue weighted by molar-refractivity contribution is 7.92. The standard InChI is InChI=1S/C12H15F2N3O3S/c1-21(19,20)17-9-4-2-8(3-5-9)16-11(18)10-6-12(13,14)7-15-10/h2-5,10,15,17H,6-7H2,1H3,(H,16,18). The van der Waals surface area contributed by atoms with E-state index in [1.54, 1.807) is 0 Å². The summed E-state index contributed by atoms with van der Waals surface area (Å²) in [5, 5.41) is 4.96. The average molecular weight is 319 g/mol. The van der Waals surface area contributed by atoms with Crippen LogP contribution in [0.4, 0.5) is 20.2 Å². The van der Waals surface area contributed by atoms with Gasteiger partial charge in [0.1, 0.15) is 0 Å². The van der Waals surface area contributed by atoms with Gasteiger partial charge in [0.2, 0.25) is 15.9 Å². The molecule has 1 amide bonds. The zero-order valence-electron chi connectivity index (χ0n) is 11.2. The van der Waals surface area contributed by atoms with Crippen LogP contribution in [0, 0.1) is 0 Å². The van der Waals surface area contributed by atoms with E-state index >= 15 is 0 Å². The number of halogens is 2. The van der Waals surface area contributed by atoms with Crippen molar-refractivity contribution in [3.63, 3.8) is 0 Å². The normalized spacial score (nSPS) is 21.0. The highest BCUT2D eigenvalue weighted by atomic mass is 32.2. The lowest BCUT2D eigenvalue weighted by Gasteiger charge is -2.12. The maximum absolute atomic E-state index is 13.0. The SMILES string of the molecule is CS(=O)(=O)Nc1ccc(NC(=O)C2CC(F)(F)CN2)cc1. The van der Waals surface area contributed by atoms with Gasteiger partial charge in [-0.05, 0) is 24.3 Å². The van der Waals surface area contributed by atoms with Gasteiger partial charge in [0.15, 0.2) is 0 Å². The highest BCUT2D eigenvalue weighted by Crippen LogP contribution is 2.25. The molecule has 1 aromatic carbocycles. The number of hydrogen-bond donors (Lipinski definition) is 3. The number of sulfonamides is 1. The molecule has 1 aliphatic rings. The summed E-state index contributed by atoms with van der Waals surface area (Å²) >= 11 is 0. The van der Waals surface area contributed by atoms with Crippen LogP contribution in [0.3, 0.4) is 0 Å². The molecular formula is C12H15F2N3O3S. The van der Waals surface area contributed by atoms with Gasteiger partial charge in [0.25, 0.3) is 5.92 Å².